The number of hydrogen-bond donors (Lipinski definition) is 2. The molecule has 0 spiro atoms. The second-order valence-electron chi connectivity index (χ2n) is 4.63. The monoisotopic (exact) mass is 294 g/mol. The molecule has 90 valence electrons. The van der Waals surface area contributed by atoms with Gasteiger partial charge >= 0.3 is 0 Å². The first-order chi connectivity index (χ1) is 7.88. The summed E-state index contributed by atoms with van der Waals surface area (Å²) in [6, 6.07) is 7.96. The van der Waals surface area contributed by atoms with Crippen molar-refractivity contribution in [1.29, 1.82) is 0 Å². The highest BCUT2D eigenvalue weighted by atomic mass is 79.9. The number of nitrogens with zero attached hydrogens (tertiary/aromatic N) is 1. The molecule has 0 saturated carbocycles. The van der Waals surface area contributed by atoms with Gasteiger partial charge in [0.15, 0.2) is 0 Å². The van der Waals surface area contributed by atoms with Crippen molar-refractivity contribution < 1.29 is 5.11 Å². The largest absolute Gasteiger partial charge is 0.383 e. The molecule has 0 atom stereocenters. The number of aryl methyl sites for hydroxylation is 1. The first-order valence-electron chi connectivity index (χ1n) is 5.43. The Morgan fingerprint density at radius 3 is 2.59 bits per heavy atom. The molecule has 1 heterocycles. The van der Waals surface area contributed by atoms with E-state index in [4.69, 9.17) is 0 Å². The van der Waals surface area contributed by atoms with Gasteiger partial charge in [-0.25, -0.2) is 4.98 Å². The SMILES string of the molecule is Cc1[nH]c(C(C)(C)O)nc1-c1cccc(Br)c1. The predicted octanol–water partition coefficient (Wildman–Crippen LogP) is 3.38. The number of rotatable bonds is 2. The van der Waals surface area contributed by atoms with Gasteiger partial charge in [0.1, 0.15) is 11.4 Å². The molecule has 17 heavy (non-hydrogen) atoms. The van der Waals surface area contributed by atoms with Crippen LogP contribution in [0.4, 0.5) is 0 Å². The van der Waals surface area contributed by atoms with Crippen molar-refractivity contribution in [2.75, 3.05) is 0 Å². The highest BCUT2D eigenvalue weighted by Gasteiger charge is 2.22. The summed E-state index contributed by atoms with van der Waals surface area (Å²) in [7, 11) is 0. The van der Waals surface area contributed by atoms with Crippen molar-refractivity contribution in [2.24, 2.45) is 0 Å². The van der Waals surface area contributed by atoms with Crippen LogP contribution in [0.15, 0.2) is 28.7 Å². The molecule has 4 heteroatoms. The maximum atomic E-state index is 9.93. The zero-order chi connectivity index (χ0) is 12.6. The fourth-order valence-corrected chi connectivity index (χ4v) is 2.07. The average Bonchev–Trinajstić information content (AvgIpc) is 2.60. The lowest BCUT2D eigenvalue weighted by atomic mass is 10.1. The Morgan fingerprint density at radius 1 is 1.35 bits per heavy atom. The van der Waals surface area contributed by atoms with E-state index in [1.807, 2.05) is 31.2 Å². The van der Waals surface area contributed by atoms with E-state index < -0.39 is 5.60 Å². The van der Waals surface area contributed by atoms with Gasteiger partial charge in [-0.1, -0.05) is 28.1 Å². The van der Waals surface area contributed by atoms with Crippen LogP contribution < -0.4 is 0 Å². The molecule has 1 aromatic carbocycles. The molecule has 0 radical (unpaired) electrons. The van der Waals surface area contributed by atoms with Gasteiger partial charge in [-0.3, -0.25) is 0 Å². The Bertz CT molecular complexity index is 541. The molecule has 0 saturated heterocycles. The molecule has 0 aliphatic heterocycles. The van der Waals surface area contributed by atoms with Crippen LogP contribution in [0.2, 0.25) is 0 Å². The predicted molar refractivity (Wildman–Crippen MR) is 71.7 cm³/mol. The maximum Gasteiger partial charge on any atom is 0.138 e. The van der Waals surface area contributed by atoms with E-state index in [0.717, 1.165) is 21.4 Å². The smallest absolute Gasteiger partial charge is 0.138 e. The molecule has 0 aliphatic carbocycles. The first kappa shape index (κ1) is 12.3. The fourth-order valence-electron chi connectivity index (χ4n) is 1.67. The summed E-state index contributed by atoms with van der Waals surface area (Å²) in [4.78, 5) is 7.59. The van der Waals surface area contributed by atoms with Gasteiger partial charge in [-0.15, -0.1) is 0 Å². The lowest BCUT2D eigenvalue weighted by Crippen LogP contribution is -2.17. The van der Waals surface area contributed by atoms with Crippen LogP contribution in [0.3, 0.4) is 0 Å². The van der Waals surface area contributed by atoms with Crippen LogP contribution >= 0.6 is 15.9 Å². The van der Waals surface area contributed by atoms with E-state index in [2.05, 4.69) is 25.9 Å². The Labute approximate surface area is 109 Å². The molecule has 2 rings (SSSR count). The number of imidazole rings is 1. The van der Waals surface area contributed by atoms with Gasteiger partial charge in [-0.05, 0) is 32.9 Å². The summed E-state index contributed by atoms with van der Waals surface area (Å²) in [5.74, 6) is 0.588. The summed E-state index contributed by atoms with van der Waals surface area (Å²) < 4.78 is 1.02. The van der Waals surface area contributed by atoms with Crippen LogP contribution in [-0.4, -0.2) is 15.1 Å². The van der Waals surface area contributed by atoms with Crippen LogP contribution in [0.5, 0.6) is 0 Å². The second kappa shape index (κ2) is 4.27. The molecular weight excluding hydrogens is 280 g/mol. The highest BCUT2D eigenvalue weighted by Crippen LogP contribution is 2.27. The van der Waals surface area contributed by atoms with Crippen LogP contribution in [0.1, 0.15) is 25.4 Å². The minimum absolute atomic E-state index is 0.588. The molecule has 2 N–H and O–H groups in total. The van der Waals surface area contributed by atoms with Crippen molar-refractivity contribution in [2.45, 2.75) is 26.4 Å². The van der Waals surface area contributed by atoms with E-state index in [9.17, 15) is 5.11 Å². The van der Waals surface area contributed by atoms with Gasteiger partial charge in [0.25, 0.3) is 0 Å². The summed E-state index contributed by atoms with van der Waals surface area (Å²) >= 11 is 3.44. The lowest BCUT2D eigenvalue weighted by molar-refractivity contribution is 0.0696. The fraction of sp³-hybridized carbons (Fsp3) is 0.308. The number of H-pyrrole nitrogens is 1. The third-order valence-electron chi connectivity index (χ3n) is 2.56. The number of aromatic nitrogens is 2. The molecular formula is C13H15BrN2O. The Balaban J connectivity index is 2.50. The van der Waals surface area contributed by atoms with Crippen molar-refractivity contribution >= 4 is 15.9 Å². The minimum Gasteiger partial charge on any atom is -0.383 e. The third kappa shape index (κ3) is 2.58. The third-order valence-corrected chi connectivity index (χ3v) is 3.06. The van der Waals surface area contributed by atoms with Gasteiger partial charge in [-0.2, -0.15) is 0 Å². The highest BCUT2D eigenvalue weighted by molar-refractivity contribution is 9.10. The van der Waals surface area contributed by atoms with Crippen LogP contribution in [0, 0.1) is 6.92 Å². The van der Waals surface area contributed by atoms with Crippen molar-refractivity contribution in [3.63, 3.8) is 0 Å². The zero-order valence-electron chi connectivity index (χ0n) is 10.1. The topological polar surface area (TPSA) is 48.9 Å². The van der Waals surface area contributed by atoms with Gasteiger partial charge in [0, 0.05) is 15.7 Å². The molecule has 3 nitrogen and oxygen atoms in total. The van der Waals surface area contributed by atoms with E-state index in [0.29, 0.717) is 5.82 Å². The number of nitrogens with one attached hydrogen (secondary N) is 1. The zero-order valence-corrected chi connectivity index (χ0v) is 11.7. The van der Waals surface area contributed by atoms with E-state index in [1.165, 1.54) is 0 Å². The summed E-state index contributed by atoms with van der Waals surface area (Å²) in [5, 5.41) is 9.93. The summed E-state index contributed by atoms with van der Waals surface area (Å²) in [6.07, 6.45) is 0. The number of benzene rings is 1. The minimum atomic E-state index is -0.949. The molecule has 2 aromatic rings. The van der Waals surface area contributed by atoms with E-state index >= 15 is 0 Å². The molecule has 0 bridgehead atoms. The Morgan fingerprint density at radius 2 is 2.06 bits per heavy atom. The standard InChI is InChI=1S/C13H15BrN2O/c1-8-11(9-5-4-6-10(14)7-9)16-12(15-8)13(2,3)17/h4-7,17H,1-3H3,(H,15,16). The molecule has 0 unspecified atom stereocenters. The van der Waals surface area contributed by atoms with Crippen LogP contribution in [0.25, 0.3) is 11.3 Å². The van der Waals surface area contributed by atoms with Crippen molar-refractivity contribution in [3.8, 4) is 11.3 Å². The summed E-state index contributed by atoms with van der Waals surface area (Å²) in [5.41, 5.74) is 1.92. The second-order valence-corrected chi connectivity index (χ2v) is 5.54. The average molecular weight is 295 g/mol. The number of aromatic amines is 1. The van der Waals surface area contributed by atoms with Gasteiger partial charge in [0.2, 0.25) is 0 Å². The van der Waals surface area contributed by atoms with Crippen LogP contribution in [-0.2, 0) is 5.60 Å². The van der Waals surface area contributed by atoms with E-state index in [1.54, 1.807) is 13.8 Å². The number of halogens is 1. The van der Waals surface area contributed by atoms with Crippen molar-refractivity contribution in [1.82, 2.24) is 9.97 Å². The Hall–Kier alpha value is -1.13. The lowest BCUT2D eigenvalue weighted by Gasteiger charge is -2.12. The van der Waals surface area contributed by atoms with Gasteiger partial charge < -0.3 is 10.1 Å². The molecule has 0 amide bonds. The number of aliphatic hydroxyl groups is 1. The maximum absolute atomic E-state index is 9.93. The Kier molecular flexibility index (Phi) is 3.10. The van der Waals surface area contributed by atoms with Crippen molar-refractivity contribution in [3.05, 3.63) is 40.3 Å². The molecule has 0 fully saturated rings. The molecule has 0 aliphatic rings. The number of hydrogen-bond acceptors (Lipinski definition) is 2. The first-order valence-corrected chi connectivity index (χ1v) is 6.22. The summed E-state index contributed by atoms with van der Waals surface area (Å²) in [6.45, 7) is 5.39. The van der Waals surface area contributed by atoms with Gasteiger partial charge in [0.05, 0.1) is 5.69 Å². The molecule has 1 aromatic heterocycles. The normalized spacial score (nSPS) is 11.8. The van der Waals surface area contributed by atoms with E-state index in [-0.39, 0.29) is 0 Å². The quantitative estimate of drug-likeness (QED) is 0.892.